The zero-order chi connectivity index (χ0) is 11.8. The van der Waals surface area contributed by atoms with Crippen LogP contribution in [0.3, 0.4) is 0 Å². The molecule has 0 saturated carbocycles. The number of hydrogen-bond donors (Lipinski definition) is 1. The number of ether oxygens (including phenoxy) is 1. The maximum atomic E-state index is 11.1. The Labute approximate surface area is 108 Å². The minimum Gasteiger partial charge on any atom is -0.466 e. The number of nitrogens with two attached hydrogens (primary N) is 1. The maximum absolute atomic E-state index is 11.1. The van der Waals surface area contributed by atoms with E-state index in [1.54, 1.807) is 6.92 Å². The number of hydrogen-bond acceptors (Lipinski definition) is 3. The van der Waals surface area contributed by atoms with Gasteiger partial charge in [-0.05, 0) is 19.1 Å². The number of carbonyl (C=O) groups is 1. The molecule has 0 bridgehead atoms. The van der Waals surface area contributed by atoms with Gasteiger partial charge in [0.2, 0.25) is 0 Å². The number of halogens is 1. The predicted octanol–water partition coefficient (Wildman–Crippen LogP) is 1.74. The van der Waals surface area contributed by atoms with Crippen molar-refractivity contribution in [3.8, 4) is 11.8 Å². The van der Waals surface area contributed by atoms with Gasteiger partial charge in [0.1, 0.15) is 0 Å². The molecule has 1 atom stereocenters. The molecule has 0 amide bonds. The van der Waals surface area contributed by atoms with Gasteiger partial charge in [0.25, 0.3) is 0 Å². The standard InChI is InChI=1S/C13H15NO2.ClH/c1-2-16-13(15)10-12(14)9-8-11-6-4-3-5-7-11;/h3-7,12H,2,10,14H2,1H3;1H/t12-;/m1./s1. The molecule has 0 aromatic heterocycles. The summed E-state index contributed by atoms with van der Waals surface area (Å²) < 4.78 is 4.78. The number of benzene rings is 1. The summed E-state index contributed by atoms with van der Waals surface area (Å²) in [6.45, 7) is 2.14. The second-order valence-electron chi connectivity index (χ2n) is 3.25. The van der Waals surface area contributed by atoms with E-state index in [2.05, 4.69) is 11.8 Å². The van der Waals surface area contributed by atoms with E-state index < -0.39 is 6.04 Å². The second-order valence-corrected chi connectivity index (χ2v) is 3.25. The van der Waals surface area contributed by atoms with Gasteiger partial charge < -0.3 is 10.5 Å². The van der Waals surface area contributed by atoms with Crippen molar-refractivity contribution in [1.29, 1.82) is 0 Å². The van der Waals surface area contributed by atoms with Gasteiger partial charge >= 0.3 is 5.97 Å². The van der Waals surface area contributed by atoms with Gasteiger partial charge in [-0.15, -0.1) is 12.4 Å². The highest BCUT2D eigenvalue weighted by Crippen LogP contribution is 1.96. The van der Waals surface area contributed by atoms with Gasteiger partial charge in [-0.2, -0.15) is 0 Å². The fraction of sp³-hybridized carbons (Fsp3) is 0.308. The summed E-state index contributed by atoms with van der Waals surface area (Å²) in [4.78, 5) is 11.1. The molecule has 0 heterocycles. The van der Waals surface area contributed by atoms with E-state index in [0.717, 1.165) is 5.56 Å². The molecule has 0 radical (unpaired) electrons. The van der Waals surface area contributed by atoms with E-state index in [9.17, 15) is 4.79 Å². The Morgan fingerprint density at radius 1 is 1.41 bits per heavy atom. The van der Waals surface area contributed by atoms with Crippen LogP contribution in [0.15, 0.2) is 30.3 Å². The molecule has 0 aliphatic carbocycles. The lowest BCUT2D eigenvalue weighted by molar-refractivity contribution is -0.143. The van der Waals surface area contributed by atoms with E-state index in [1.165, 1.54) is 0 Å². The van der Waals surface area contributed by atoms with Crippen molar-refractivity contribution in [1.82, 2.24) is 0 Å². The van der Waals surface area contributed by atoms with Crippen molar-refractivity contribution in [2.75, 3.05) is 6.61 Å². The summed E-state index contributed by atoms with van der Waals surface area (Å²) in [5, 5.41) is 0. The summed E-state index contributed by atoms with van der Waals surface area (Å²) in [5.74, 6) is 5.42. The molecule has 1 aromatic rings. The number of carbonyl (C=O) groups excluding carboxylic acids is 1. The minimum absolute atomic E-state index is 0. The topological polar surface area (TPSA) is 52.3 Å². The average Bonchev–Trinajstić information content (AvgIpc) is 2.28. The molecule has 3 nitrogen and oxygen atoms in total. The first-order valence-electron chi connectivity index (χ1n) is 5.20. The molecule has 17 heavy (non-hydrogen) atoms. The Balaban J connectivity index is 0.00000256. The van der Waals surface area contributed by atoms with Crippen LogP contribution in [0.1, 0.15) is 18.9 Å². The quantitative estimate of drug-likeness (QED) is 0.660. The zero-order valence-electron chi connectivity index (χ0n) is 9.68. The third-order valence-electron chi connectivity index (χ3n) is 1.87. The summed E-state index contributed by atoms with van der Waals surface area (Å²) in [5.41, 5.74) is 6.57. The van der Waals surface area contributed by atoms with Crippen LogP contribution in [0.25, 0.3) is 0 Å². The molecule has 0 aliphatic rings. The van der Waals surface area contributed by atoms with Gasteiger partial charge in [0.15, 0.2) is 0 Å². The smallest absolute Gasteiger partial charge is 0.308 e. The van der Waals surface area contributed by atoms with Crippen LogP contribution in [-0.4, -0.2) is 18.6 Å². The average molecular weight is 254 g/mol. The fourth-order valence-corrected chi connectivity index (χ4v) is 1.15. The van der Waals surface area contributed by atoms with E-state index in [-0.39, 0.29) is 24.8 Å². The normalized spacial score (nSPS) is 10.5. The molecule has 0 saturated heterocycles. The Morgan fingerprint density at radius 3 is 2.65 bits per heavy atom. The molecular weight excluding hydrogens is 238 g/mol. The Bertz CT molecular complexity index is 395. The predicted molar refractivity (Wildman–Crippen MR) is 69.8 cm³/mol. The van der Waals surface area contributed by atoms with Gasteiger partial charge in [-0.25, -0.2) is 0 Å². The summed E-state index contributed by atoms with van der Waals surface area (Å²) in [7, 11) is 0. The molecule has 1 rings (SSSR count). The third kappa shape index (κ3) is 6.62. The molecule has 4 heteroatoms. The van der Waals surface area contributed by atoms with Crippen LogP contribution in [0.5, 0.6) is 0 Å². The second kappa shape index (κ2) is 8.63. The van der Waals surface area contributed by atoms with Crippen molar-refractivity contribution in [2.45, 2.75) is 19.4 Å². The number of rotatable bonds is 3. The third-order valence-corrected chi connectivity index (χ3v) is 1.87. The van der Waals surface area contributed by atoms with Crippen molar-refractivity contribution < 1.29 is 9.53 Å². The van der Waals surface area contributed by atoms with Crippen LogP contribution in [0, 0.1) is 11.8 Å². The highest BCUT2D eigenvalue weighted by molar-refractivity contribution is 5.85. The molecule has 1 aromatic carbocycles. The molecule has 0 unspecified atom stereocenters. The number of esters is 1. The Kier molecular flexibility index (Phi) is 7.87. The minimum atomic E-state index is -0.473. The van der Waals surface area contributed by atoms with E-state index in [0.29, 0.717) is 6.61 Å². The first kappa shape index (κ1) is 15.5. The summed E-state index contributed by atoms with van der Waals surface area (Å²) >= 11 is 0. The molecule has 2 N–H and O–H groups in total. The largest absolute Gasteiger partial charge is 0.466 e. The monoisotopic (exact) mass is 253 g/mol. The van der Waals surface area contributed by atoms with Crippen LogP contribution in [0.2, 0.25) is 0 Å². The summed E-state index contributed by atoms with van der Waals surface area (Å²) in [6.07, 6.45) is 0.133. The van der Waals surface area contributed by atoms with Crippen LogP contribution < -0.4 is 5.73 Å². The maximum Gasteiger partial charge on any atom is 0.308 e. The van der Waals surface area contributed by atoms with Gasteiger partial charge in [-0.1, -0.05) is 30.0 Å². The lowest BCUT2D eigenvalue weighted by atomic mass is 10.2. The van der Waals surface area contributed by atoms with Gasteiger partial charge in [0, 0.05) is 5.56 Å². The van der Waals surface area contributed by atoms with E-state index in [4.69, 9.17) is 10.5 Å². The SMILES string of the molecule is CCOC(=O)C[C@H](N)C#Cc1ccccc1.Cl. The lowest BCUT2D eigenvalue weighted by Crippen LogP contribution is -2.23. The van der Waals surface area contributed by atoms with Crippen LogP contribution in [0.4, 0.5) is 0 Å². The molecule has 0 aliphatic heterocycles. The van der Waals surface area contributed by atoms with E-state index in [1.807, 2.05) is 30.3 Å². The van der Waals surface area contributed by atoms with Crippen LogP contribution >= 0.6 is 12.4 Å². The lowest BCUT2D eigenvalue weighted by Gasteiger charge is -2.03. The summed E-state index contributed by atoms with van der Waals surface area (Å²) in [6, 6.07) is 9.04. The fourth-order valence-electron chi connectivity index (χ4n) is 1.15. The highest BCUT2D eigenvalue weighted by atomic mass is 35.5. The first-order valence-corrected chi connectivity index (χ1v) is 5.20. The first-order chi connectivity index (χ1) is 7.72. The van der Waals surface area contributed by atoms with Crippen molar-refractivity contribution in [3.05, 3.63) is 35.9 Å². The molecule has 92 valence electrons. The van der Waals surface area contributed by atoms with Crippen molar-refractivity contribution in [3.63, 3.8) is 0 Å². The van der Waals surface area contributed by atoms with Gasteiger partial charge in [0.05, 0.1) is 19.1 Å². The molecule has 0 spiro atoms. The van der Waals surface area contributed by atoms with Crippen LogP contribution in [-0.2, 0) is 9.53 Å². The highest BCUT2D eigenvalue weighted by Gasteiger charge is 2.06. The Hall–Kier alpha value is -1.50. The van der Waals surface area contributed by atoms with Gasteiger partial charge in [-0.3, -0.25) is 4.79 Å². The van der Waals surface area contributed by atoms with E-state index >= 15 is 0 Å². The molecule has 0 fully saturated rings. The Morgan fingerprint density at radius 2 is 2.06 bits per heavy atom. The molecular formula is C13H16ClNO2. The van der Waals surface area contributed by atoms with Crippen molar-refractivity contribution in [2.24, 2.45) is 5.73 Å². The zero-order valence-corrected chi connectivity index (χ0v) is 10.5. The van der Waals surface area contributed by atoms with Crippen molar-refractivity contribution >= 4 is 18.4 Å².